The third kappa shape index (κ3) is 6.45. The zero-order chi connectivity index (χ0) is 35.9. The Bertz CT molecular complexity index is 2450. The minimum Gasteiger partial charge on any atom is -0.307 e. The number of nitrogens with zero attached hydrogens (tertiary/aromatic N) is 6. The van der Waals surface area contributed by atoms with Crippen LogP contribution in [0.4, 0.5) is 22.7 Å². The highest BCUT2D eigenvalue weighted by atomic mass is 32.1. The van der Waals surface area contributed by atoms with Crippen LogP contribution in [-0.4, -0.2) is 18.7 Å². The Kier molecular flexibility index (Phi) is 10.2. The molecule has 5 aromatic carbocycles. The highest BCUT2D eigenvalue weighted by Gasteiger charge is 2.31. The first-order chi connectivity index (χ1) is 25.7. The molecule has 7 heteroatoms. The molecule has 2 aromatic heterocycles. The van der Waals surface area contributed by atoms with Gasteiger partial charge in [-0.2, -0.15) is 8.75 Å². The maximum Gasteiger partial charge on any atom is 0.133 e. The van der Waals surface area contributed by atoms with Gasteiger partial charge in [-0.15, -0.1) is 0 Å². The van der Waals surface area contributed by atoms with E-state index in [9.17, 15) is 0 Å². The van der Waals surface area contributed by atoms with Gasteiger partial charge < -0.3 is 9.80 Å². The molecule has 7 rings (SSSR count). The van der Waals surface area contributed by atoms with Gasteiger partial charge in [-0.25, -0.2) is 9.97 Å². The van der Waals surface area contributed by atoms with Crippen LogP contribution in [0.25, 0.3) is 44.6 Å². The summed E-state index contributed by atoms with van der Waals surface area (Å²) in [4.78, 5) is 15.7. The van der Waals surface area contributed by atoms with Gasteiger partial charge in [0.2, 0.25) is 0 Å². The first kappa shape index (κ1) is 34.0. The first-order valence-electron chi connectivity index (χ1n) is 17.2. The Morgan fingerprint density at radius 2 is 0.942 bits per heavy atom. The van der Waals surface area contributed by atoms with Crippen molar-refractivity contribution in [3.05, 3.63) is 182 Å². The molecule has 7 aromatic rings. The summed E-state index contributed by atoms with van der Waals surface area (Å²) in [6.45, 7) is 10.2. The SMILES string of the molecule is C=C/C=C(\C=C/C)N(c1ccccc1)c1c2nsnc2c(N(C(/C=C\C)=C/C)c2ccccc2)c2nc(-c3ccccc3)c(-c3ccccc3)nc12. The van der Waals surface area contributed by atoms with Crippen LogP contribution in [0.15, 0.2) is 182 Å². The van der Waals surface area contributed by atoms with Crippen molar-refractivity contribution in [2.24, 2.45) is 0 Å². The van der Waals surface area contributed by atoms with Crippen LogP contribution >= 0.6 is 11.7 Å². The van der Waals surface area contributed by atoms with Crippen LogP contribution in [0.1, 0.15) is 20.8 Å². The number of para-hydroxylation sites is 2. The smallest absolute Gasteiger partial charge is 0.133 e. The fourth-order valence-electron chi connectivity index (χ4n) is 6.44. The Morgan fingerprint density at radius 3 is 1.35 bits per heavy atom. The molecule has 0 atom stereocenters. The predicted molar refractivity (Wildman–Crippen MR) is 220 cm³/mol. The Morgan fingerprint density at radius 1 is 0.538 bits per heavy atom. The average Bonchev–Trinajstić information content (AvgIpc) is 3.69. The summed E-state index contributed by atoms with van der Waals surface area (Å²) in [6.07, 6.45) is 14.2. The second-order valence-electron chi connectivity index (χ2n) is 11.9. The summed E-state index contributed by atoms with van der Waals surface area (Å²) >= 11 is 1.19. The van der Waals surface area contributed by atoms with E-state index in [0.717, 1.165) is 62.2 Å². The highest BCUT2D eigenvalue weighted by Crippen LogP contribution is 2.49. The molecule has 0 saturated heterocycles. The maximum absolute atomic E-state index is 5.66. The number of benzene rings is 5. The molecule has 2 heterocycles. The van der Waals surface area contributed by atoms with E-state index in [1.165, 1.54) is 11.7 Å². The second-order valence-corrected chi connectivity index (χ2v) is 12.4. The van der Waals surface area contributed by atoms with Gasteiger partial charge in [-0.3, -0.25) is 0 Å². The van der Waals surface area contributed by atoms with Crippen LogP contribution in [0.2, 0.25) is 0 Å². The van der Waals surface area contributed by atoms with Gasteiger partial charge in [0, 0.05) is 33.9 Å². The third-order valence-electron chi connectivity index (χ3n) is 8.63. The summed E-state index contributed by atoms with van der Waals surface area (Å²) in [6, 6.07) is 41.2. The van der Waals surface area contributed by atoms with E-state index >= 15 is 0 Å². The average molecular weight is 695 g/mol. The number of anilines is 4. The van der Waals surface area contributed by atoms with Crippen molar-refractivity contribution in [3.8, 4) is 22.5 Å². The first-order valence-corrected chi connectivity index (χ1v) is 18.0. The molecule has 0 amide bonds. The highest BCUT2D eigenvalue weighted by molar-refractivity contribution is 7.00. The quantitative estimate of drug-likeness (QED) is 0.0992. The van der Waals surface area contributed by atoms with Crippen LogP contribution in [-0.2, 0) is 0 Å². The minimum atomic E-state index is 0.689. The molecular formula is C45H38N6S. The van der Waals surface area contributed by atoms with Gasteiger partial charge in [0.15, 0.2) is 0 Å². The van der Waals surface area contributed by atoms with Crippen molar-refractivity contribution in [2.75, 3.05) is 9.80 Å². The molecule has 0 radical (unpaired) electrons. The number of rotatable bonds is 11. The molecule has 0 aliphatic rings. The van der Waals surface area contributed by atoms with Crippen LogP contribution < -0.4 is 9.80 Å². The number of hydrogen-bond donors (Lipinski definition) is 0. The molecule has 0 aliphatic carbocycles. The van der Waals surface area contributed by atoms with E-state index in [2.05, 4.69) is 83.1 Å². The van der Waals surface area contributed by atoms with Gasteiger partial charge in [0.25, 0.3) is 0 Å². The maximum atomic E-state index is 5.66. The Hall–Kier alpha value is -6.44. The third-order valence-corrected chi connectivity index (χ3v) is 9.16. The lowest BCUT2D eigenvalue weighted by Gasteiger charge is -2.31. The van der Waals surface area contributed by atoms with E-state index in [1.807, 2.05) is 112 Å². The topological polar surface area (TPSA) is 58.0 Å². The minimum absolute atomic E-state index is 0.689. The molecule has 0 saturated carbocycles. The summed E-state index contributed by atoms with van der Waals surface area (Å²) in [5.41, 5.74) is 11.6. The van der Waals surface area contributed by atoms with Gasteiger partial charge in [0.1, 0.15) is 33.4 Å². The summed E-state index contributed by atoms with van der Waals surface area (Å²) in [7, 11) is 0. The molecule has 0 N–H and O–H groups in total. The molecule has 6 nitrogen and oxygen atoms in total. The molecule has 0 fully saturated rings. The normalized spacial score (nSPS) is 12.3. The zero-order valence-corrected chi connectivity index (χ0v) is 30.2. The van der Waals surface area contributed by atoms with Crippen molar-refractivity contribution in [1.29, 1.82) is 0 Å². The van der Waals surface area contributed by atoms with Crippen molar-refractivity contribution in [1.82, 2.24) is 18.7 Å². The summed E-state index contributed by atoms with van der Waals surface area (Å²) < 4.78 is 10.1. The summed E-state index contributed by atoms with van der Waals surface area (Å²) in [5.74, 6) is 0. The fraction of sp³-hybridized carbons (Fsp3) is 0.0667. The fourth-order valence-corrected chi connectivity index (χ4v) is 6.99. The molecule has 254 valence electrons. The second kappa shape index (κ2) is 15.6. The lowest BCUT2D eigenvalue weighted by molar-refractivity contribution is 1.18. The largest absolute Gasteiger partial charge is 0.307 e. The molecule has 0 unspecified atom stereocenters. The van der Waals surface area contributed by atoms with Crippen molar-refractivity contribution < 1.29 is 0 Å². The number of fused-ring (bicyclic) bond motifs is 2. The standard InChI is InChI=1S/C45H38N6S/c1-5-21-34(8-4)50(36-28-17-11-18-29-36)44-40-41(47-39(33-26-15-10-16-27-33)38(46-40)32-24-13-9-14-25-32)45(43-42(44)48-52-49-43)51(35(22-6-2)23-7-3)37-30-19-12-20-31-37/h5-31H,2H2,1,3-4H3/b21-5-,23-7-,34-8+,35-22+. The zero-order valence-electron chi connectivity index (χ0n) is 29.4. The Labute approximate surface area is 309 Å². The van der Waals surface area contributed by atoms with E-state index < -0.39 is 0 Å². The molecule has 52 heavy (non-hydrogen) atoms. The van der Waals surface area contributed by atoms with Gasteiger partial charge >= 0.3 is 0 Å². The van der Waals surface area contributed by atoms with E-state index in [-0.39, 0.29) is 0 Å². The molecule has 0 aliphatic heterocycles. The van der Waals surface area contributed by atoms with Crippen LogP contribution in [0, 0.1) is 0 Å². The van der Waals surface area contributed by atoms with Crippen LogP contribution in [0.5, 0.6) is 0 Å². The van der Waals surface area contributed by atoms with Crippen molar-refractivity contribution in [3.63, 3.8) is 0 Å². The van der Waals surface area contributed by atoms with E-state index in [0.29, 0.717) is 16.6 Å². The van der Waals surface area contributed by atoms with Gasteiger partial charge in [-0.1, -0.05) is 128 Å². The molecule has 0 bridgehead atoms. The summed E-state index contributed by atoms with van der Waals surface area (Å²) in [5, 5.41) is 0. The Balaban J connectivity index is 1.74. The predicted octanol–water partition coefficient (Wildman–Crippen LogP) is 12.4. The van der Waals surface area contributed by atoms with Gasteiger partial charge in [-0.05, 0) is 63.3 Å². The van der Waals surface area contributed by atoms with Crippen LogP contribution in [0.3, 0.4) is 0 Å². The van der Waals surface area contributed by atoms with Crippen molar-refractivity contribution >= 4 is 56.5 Å². The van der Waals surface area contributed by atoms with Crippen molar-refractivity contribution in [2.45, 2.75) is 20.8 Å². The molecule has 0 spiro atoms. The van der Waals surface area contributed by atoms with Gasteiger partial charge in [0.05, 0.1) is 23.1 Å². The van der Waals surface area contributed by atoms with E-state index in [4.69, 9.17) is 18.7 Å². The lowest BCUT2D eigenvalue weighted by atomic mass is 10.0. The number of aromatic nitrogens is 4. The monoisotopic (exact) mass is 694 g/mol. The number of hydrogen-bond acceptors (Lipinski definition) is 7. The van der Waals surface area contributed by atoms with E-state index in [1.54, 1.807) is 6.08 Å². The number of allylic oxidation sites excluding steroid dienone is 7. The lowest BCUT2D eigenvalue weighted by Crippen LogP contribution is -2.20. The molecular weight excluding hydrogens is 657 g/mol.